The molecular formula is C69H116O13Si3. The average molecular weight is 1240 g/mol. The Bertz CT molecular complexity index is 2420. The van der Waals surface area contributed by atoms with Crippen molar-refractivity contribution in [3.05, 3.63) is 72.4 Å². The van der Waals surface area contributed by atoms with Crippen molar-refractivity contribution in [2.45, 2.75) is 320 Å². The number of aliphatic hydroxyl groups is 1. The summed E-state index contributed by atoms with van der Waals surface area (Å²) in [5.41, 5.74) is 2.15. The predicted octanol–water partition coefficient (Wildman–Crippen LogP) is 15.6. The van der Waals surface area contributed by atoms with E-state index in [0.717, 1.165) is 24.0 Å². The van der Waals surface area contributed by atoms with Crippen molar-refractivity contribution in [1.82, 2.24) is 0 Å². The van der Waals surface area contributed by atoms with Gasteiger partial charge < -0.3 is 46.8 Å². The summed E-state index contributed by atoms with van der Waals surface area (Å²) in [4.78, 5) is 42.0. The highest BCUT2D eigenvalue weighted by molar-refractivity contribution is 6.75. The summed E-state index contributed by atoms with van der Waals surface area (Å²) in [7, 11) is -7.86. The second-order valence-corrected chi connectivity index (χ2v) is 45.3. The van der Waals surface area contributed by atoms with Crippen molar-refractivity contribution in [1.29, 1.82) is 0 Å². The molecule has 1 aromatic rings. The van der Waals surface area contributed by atoms with Gasteiger partial charge in [0.2, 0.25) is 0 Å². The minimum Gasteiger partial charge on any atom is -0.458 e. The molecule has 6 aliphatic heterocycles. The molecule has 1 N–H and O–H groups in total. The van der Waals surface area contributed by atoms with E-state index in [9.17, 15) is 19.5 Å². The van der Waals surface area contributed by atoms with Crippen LogP contribution in [0.1, 0.15) is 191 Å². The summed E-state index contributed by atoms with van der Waals surface area (Å²) < 4.78 is 64.5. The molecule has 0 aliphatic carbocycles. The third kappa shape index (κ3) is 18.7. The molecule has 0 amide bonds. The minimum absolute atomic E-state index is 0.0682. The summed E-state index contributed by atoms with van der Waals surface area (Å²) in [5, 5.41) is 11.1. The predicted molar refractivity (Wildman–Crippen MR) is 347 cm³/mol. The molecule has 13 nitrogen and oxygen atoms in total. The number of Topliss-reactive ketones (excluding diaryl/α,β-unsaturated/α-hetero) is 1. The van der Waals surface area contributed by atoms with Crippen molar-refractivity contribution in [3.8, 4) is 0 Å². The molecule has 0 radical (unpaired) electrons. The lowest BCUT2D eigenvalue weighted by molar-refractivity contribution is -0.266. The van der Waals surface area contributed by atoms with Gasteiger partial charge in [0.15, 0.2) is 25.0 Å². The van der Waals surface area contributed by atoms with E-state index >= 15 is 0 Å². The van der Waals surface area contributed by atoms with E-state index in [4.69, 9.17) is 41.7 Å². The SMILES string of the molecule is C=C1CC2CCC(OC(=O)c3ccccc3)C=C[C@H](O[Si](C)(C)C(C)(C)C)[C@@H]3O[C@H]4CCC(CC(=O)C[C@@H]5[C@@H](C)[C@@H](C[C@H](C)CC)O[C@H]5C[C@@H](OC(C)=O)C(=C)[C@H](C)C[C@H](O)CC[C@@H]1O2)O[C@@H]4[C@H](O[Si](C)(C)C(C)(C)C)[C@@H]3O[Si](C)(C)C(C)(C)C. The molecule has 7 rings (SSSR count). The number of benzene rings is 1. The number of carbonyl (C=O) groups excluding carboxylic acids is 3. The van der Waals surface area contributed by atoms with Gasteiger partial charge in [0.1, 0.15) is 42.4 Å². The maximum atomic E-state index is 15.0. The molecule has 6 bridgehead atoms. The van der Waals surface area contributed by atoms with E-state index in [1.165, 1.54) is 6.92 Å². The number of aliphatic hydroxyl groups excluding tert-OH is 1. The van der Waals surface area contributed by atoms with Gasteiger partial charge in [-0.3, -0.25) is 9.59 Å². The largest absolute Gasteiger partial charge is 0.458 e. The molecule has 6 heterocycles. The van der Waals surface area contributed by atoms with Gasteiger partial charge in [-0.15, -0.1) is 0 Å². The van der Waals surface area contributed by atoms with Gasteiger partial charge in [-0.1, -0.05) is 134 Å². The van der Waals surface area contributed by atoms with Crippen molar-refractivity contribution < 1.29 is 61.2 Å². The lowest BCUT2D eigenvalue weighted by atomic mass is 9.79. The number of hydrogen-bond acceptors (Lipinski definition) is 13. The van der Waals surface area contributed by atoms with Gasteiger partial charge in [-0.2, -0.15) is 0 Å². The Balaban J connectivity index is 1.49. The second-order valence-electron chi connectivity index (χ2n) is 31.1. The lowest BCUT2D eigenvalue weighted by Gasteiger charge is -2.56. The fraction of sp³-hybridized carbons (Fsp3) is 0.783. The van der Waals surface area contributed by atoms with E-state index in [1.54, 1.807) is 12.1 Å². The van der Waals surface area contributed by atoms with Gasteiger partial charge in [-0.25, -0.2) is 4.79 Å². The summed E-state index contributed by atoms with van der Waals surface area (Å²) in [5.74, 6) is -0.578. The molecule has 3 unspecified atom stereocenters. The Morgan fingerprint density at radius 3 is 1.85 bits per heavy atom. The van der Waals surface area contributed by atoms with Crippen LogP contribution in [-0.2, 0) is 51.3 Å². The summed E-state index contributed by atoms with van der Waals surface area (Å²) >= 11 is 0. The van der Waals surface area contributed by atoms with Crippen molar-refractivity contribution in [3.63, 3.8) is 0 Å². The Hall–Kier alpha value is -2.62. The Kier molecular flexibility index (Phi) is 24.5. The van der Waals surface area contributed by atoms with Crippen LogP contribution < -0.4 is 0 Å². The molecule has 0 spiro atoms. The number of hydrogen-bond donors (Lipinski definition) is 1. The van der Waals surface area contributed by atoms with Gasteiger partial charge in [0.05, 0.1) is 54.4 Å². The normalized spacial score (nSPS) is 34.4. The molecule has 4 saturated heterocycles. The zero-order valence-electron chi connectivity index (χ0n) is 56.4. The molecular weight excluding hydrogens is 1120 g/mol. The van der Waals surface area contributed by atoms with Crippen molar-refractivity contribution in [2.75, 3.05) is 0 Å². The van der Waals surface area contributed by atoms with E-state index in [-0.39, 0.29) is 69.5 Å². The second kappa shape index (κ2) is 29.1. The number of ketones is 1. The monoisotopic (exact) mass is 1240 g/mol. The van der Waals surface area contributed by atoms with Crippen LogP contribution in [-0.4, -0.2) is 133 Å². The van der Waals surface area contributed by atoms with Crippen LogP contribution in [0.15, 0.2) is 66.8 Å². The highest BCUT2D eigenvalue weighted by Crippen LogP contribution is 2.49. The van der Waals surface area contributed by atoms with Crippen LogP contribution in [0.3, 0.4) is 0 Å². The molecule has 18 atom stereocenters. The summed E-state index contributed by atoms with van der Waals surface area (Å²) in [6.45, 7) is 53.0. The summed E-state index contributed by atoms with van der Waals surface area (Å²) in [6, 6.07) is 9.10. The van der Waals surface area contributed by atoms with Gasteiger partial charge in [0, 0.05) is 26.2 Å². The maximum Gasteiger partial charge on any atom is 0.338 e. The molecule has 16 heteroatoms. The van der Waals surface area contributed by atoms with Crippen LogP contribution >= 0.6 is 0 Å². The standard InChI is InChI=1S/C69H116O13Si3/c1-23-43(2)37-59-47(6)55-41-51(72)40-54-33-35-57-62(76-54)64(81-84(19,20)68(11,12)13)65(82-85(21,22)69(14,15)16)63(79-57)58(80-83(17,18)67(8,9)10)36-32-52(77-66(73)49-27-25-24-26-28-49)30-31-53-39-45(4)56(75-53)34-29-50(71)38-44(3)46(5)60(74-48(7)70)42-61(55)78-59/h24-28,32,36,43-44,47,50,52-65,71H,4-5,23,29-31,33-35,37-42H2,1-3,6-22H3/t43-,44-,47-,50-,52?,53?,54?,55-,56+,57+,58+,59-,60-,61+,62+,63+,64+,65-/m1/s1. The van der Waals surface area contributed by atoms with Gasteiger partial charge in [0.25, 0.3) is 0 Å². The third-order valence-electron chi connectivity index (χ3n) is 21.2. The first-order chi connectivity index (χ1) is 39.3. The Morgan fingerprint density at radius 2 is 1.26 bits per heavy atom. The zero-order valence-corrected chi connectivity index (χ0v) is 59.4. The topological polar surface area (TPSA) is 155 Å². The maximum absolute atomic E-state index is 15.0. The first-order valence-electron chi connectivity index (χ1n) is 32.6. The molecule has 0 aromatic heterocycles. The Labute approximate surface area is 517 Å². The zero-order chi connectivity index (χ0) is 63.4. The van der Waals surface area contributed by atoms with Crippen molar-refractivity contribution in [2.24, 2.45) is 23.7 Å². The number of carbonyl (C=O) groups is 3. The van der Waals surface area contributed by atoms with Crippen LogP contribution in [0.5, 0.6) is 0 Å². The molecule has 4 fully saturated rings. The molecule has 85 heavy (non-hydrogen) atoms. The molecule has 6 aliphatic rings. The molecule has 0 saturated carbocycles. The van der Waals surface area contributed by atoms with Crippen LogP contribution in [0.25, 0.3) is 0 Å². The molecule has 1 aromatic carbocycles. The average Bonchev–Trinajstić information content (AvgIpc) is 2.02. The number of fused-ring (bicyclic) bond motifs is 15. The van der Waals surface area contributed by atoms with Crippen molar-refractivity contribution >= 4 is 42.7 Å². The number of rotatable bonds is 12. The van der Waals surface area contributed by atoms with Gasteiger partial charge >= 0.3 is 11.9 Å². The lowest BCUT2D eigenvalue weighted by Crippen LogP contribution is -2.69. The van der Waals surface area contributed by atoms with Crippen LogP contribution in [0.4, 0.5) is 0 Å². The van der Waals surface area contributed by atoms with E-state index in [1.807, 2.05) is 31.2 Å². The smallest absolute Gasteiger partial charge is 0.338 e. The van der Waals surface area contributed by atoms with E-state index in [0.29, 0.717) is 75.7 Å². The van der Waals surface area contributed by atoms with Crippen LogP contribution in [0.2, 0.25) is 54.4 Å². The quantitative estimate of drug-likeness (QED) is 0.120. The van der Waals surface area contributed by atoms with Crippen LogP contribution in [0, 0.1) is 23.7 Å². The number of esters is 2. The third-order valence-corrected chi connectivity index (χ3v) is 34.6. The fourth-order valence-electron chi connectivity index (χ4n) is 12.3. The van der Waals surface area contributed by atoms with E-state index < -0.39 is 97.9 Å². The fourth-order valence-corrected chi connectivity index (χ4v) is 16.2. The highest BCUT2D eigenvalue weighted by Gasteiger charge is 2.58. The molecule has 482 valence electrons. The van der Waals surface area contributed by atoms with E-state index in [2.05, 4.69) is 142 Å². The highest BCUT2D eigenvalue weighted by atomic mass is 28.4. The Morgan fingerprint density at radius 1 is 0.682 bits per heavy atom. The first kappa shape index (κ1) is 71.5. The number of ether oxygens (including phenoxy) is 6. The summed E-state index contributed by atoms with van der Waals surface area (Å²) in [6.07, 6.45) is 4.43. The minimum atomic E-state index is -2.65. The first-order valence-corrected chi connectivity index (χ1v) is 41.4. The van der Waals surface area contributed by atoms with Gasteiger partial charge in [-0.05, 0) is 165 Å².